The van der Waals surface area contributed by atoms with Crippen molar-refractivity contribution >= 4 is 10.9 Å². The van der Waals surface area contributed by atoms with Crippen LogP contribution >= 0.6 is 0 Å². The fraction of sp³-hybridized carbons (Fsp3) is 0.227. The molecular weight excluding hydrogens is 350 g/mol. The molecule has 0 radical (unpaired) electrons. The van der Waals surface area contributed by atoms with Crippen LogP contribution in [0.2, 0.25) is 0 Å². The molecule has 3 aromatic heterocycles. The van der Waals surface area contributed by atoms with Gasteiger partial charge < -0.3 is 9.55 Å². The minimum atomic E-state index is -0.0430. The second-order valence-corrected chi connectivity index (χ2v) is 7.29. The Morgan fingerprint density at radius 3 is 2.79 bits per heavy atom. The van der Waals surface area contributed by atoms with Crippen molar-refractivity contribution in [3.05, 3.63) is 82.2 Å². The van der Waals surface area contributed by atoms with Crippen LogP contribution in [-0.4, -0.2) is 31.0 Å². The number of para-hydroxylation sites is 1. The van der Waals surface area contributed by atoms with Crippen molar-refractivity contribution < 1.29 is 0 Å². The van der Waals surface area contributed by atoms with E-state index in [4.69, 9.17) is 4.98 Å². The summed E-state index contributed by atoms with van der Waals surface area (Å²) >= 11 is 0. The van der Waals surface area contributed by atoms with Crippen molar-refractivity contribution in [3.8, 4) is 11.4 Å². The number of rotatable bonds is 3. The third-order valence-electron chi connectivity index (χ3n) is 5.54. The number of aromatic amines is 1. The van der Waals surface area contributed by atoms with Gasteiger partial charge in [0.1, 0.15) is 5.82 Å². The molecule has 0 fully saturated rings. The van der Waals surface area contributed by atoms with Gasteiger partial charge >= 0.3 is 0 Å². The second-order valence-electron chi connectivity index (χ2n) is 7.29. The number of nitrogens with one attached hydrogen (secondary N) is 1. The molecule has 140 valence electrons. The summed E-state index contributed by atoms with van der Waals surface area (Å²) in [6, 6.07) is 14.4. The zero-order chi connectivity index (χ0) is 19.1. The lowest BCUT2D eigenvalue weighted by molar-refractivity contribution is 0.237. The van der Waals surface area contributed by atoms with Crippen LogP contribution < -0.4 is 5.56 Å². The van der Waals surface area contributed by atoms with E-state index in [1.54, 1.807) is 12.4 Å². The number of fused-ring (bicyclic) bond motifs is 2. The molecule has 0 spiro atoms. The maximum Gasteiger partial charge on any atom is 0.255 e. The quantitative estimate of drug-likeness (QED) is 0.601. The number of aromatic nitrogens is 4. The first-order valence-corrected chi connectivity index (χ1v) is 9.47. The fourth-order valence-electron chi connectivity index (χ4n) is 3.99. The molecule has 1 aliphatic heterocycles. The number of hydrogen-bond donors (Lipinski definition) is 1. The summed E-state index contributed by atoms with van der Waals surface area (Å²) in [6.07, 6.45) is 4.20. The first kappa shape index (κ1) is 16.9. The maximum absolute atomic E-state index is 12.7. The first-order valence-electron chi connectivity index (χ1n) is 9.47. The number of hydrogen-bond acceptors (Lipinski definition) is 4. The Hall–Kier alpha value is -3.25. The molecule has 0 unspecified atom stereocenters. The van der Waals surface area contributed by atoms with E-state index < -0.39 is 0 Å². The average molecular weight is 371 g/mol. The third kappa shape index (κ3) is 2.92. The SMILES string of the molecule is Cn1c(CN2CCc3nc(-c4ccncc4)[nH]c(=O)c3C2)cc2ccccc21. The summed E-state index contributed by atoms with van der Waals surface area (Å²) in [5.74, 6) is 0.619. The van der Waals surface area contributed by atoms with Gasteiger partial charge in [0.2, 0.25) is 0 Å². The lowest BCUT2D eigenvalue weighted by atomic mass is 10.1. The molecule has 1 aromatic carbocycles. The van der Waals surface area contributed by atoms with Gasteiger partial charge in [0, 0.05) is 62.3 Å². The highest BCUT2D eigenvalue weighted by molar-refractivity contribution is 5.81. The molecule has 0 saturated heterocycles. The number of aryl methyl sites for hydroxylation is 1. The summed E-state index contributed by atoms with van der Waals surface area (Å²) in [5.41, 5.74) is 5.01. The largest absolute Gasteiger partial charge is 0.346 e. The monoisotopic (exact) mass is 371 g/mol. The maximum atomic E-state index is 12.7. The van der Waals surface area contributed by atoms with Gasteiger partial charge in [-0.15, -0.1) is 0 Å². The first-order chi connectivity index (χ1) is 13.7. The van der Waals surface area contributed by atoms with Crippen LogP contribution in [0.25, 0.3) is 22.3 Å². The zero-order valence-corrected chi connectivity index (χ0v) is 15.7. The molecule has 0 atom stereocenters. The van der Waals surface area contributed by atoms with Crippen molar-refractivity contribution in [3.63, 3.8) is 0 Å². The molecule has 0 aliphatic carbocycles. The Kier molecular flexibility index (Phi) is 4.06. The predicted molar refractivity (Wildman–Crippen MR) is 109 cm³/mol. The van der Waals surface area contributed by atoms with E-state index in [-0.39, 0.29) is 5.56 Å². The van der Waals surface area contributed by atoms with Crippen molar-refractivity contribution in [2.75, 3.05) is 6.54 Å². The Labute approximate surface area is 162 Å². The van der Waals surface area contributed by atoms with Crippen LogP contribution in [0, 0.1) is 0 Å². The van der Waals surface area contributed by atoms with Crippen molar-refractivity contribution in [1.29, 1.82) is 0 Å². The predicted octanol–water partition coefficient (Wildman–Crippen LogP) is 2.88. The molecule has 1 N–H and O–H groups in total. The van der Waals surface area contributed by atoms with E-state index in [2.05, 4.69) is 56.8 Å². The number of benzene rings is 1. The van der Waals surface area contributed by atoms with Crippen LogP contribution in [-0.2, 0) is 26.6 Å². The normalized spacial score (nSPS) is 14.3. The molecule has 1 aliphatic rings. The Bertz CT molecular complexity index is 1210. The van der Waals surface area contributed by atoms with Gasteiger partial charge in [-0.1, -0.05) is 18.2 Å². The minimum absolute atomic E-state index is 0.0430. The molecule has 6 nitrogen and oxygen atoms in total. The molecule has 28 heavy (non-hydrogen) atoms. The molecule has 0 saturated carbocycles. The minimum Gasteiger partial charge on any atom is -0.346 e. The van der Waals surface area contributed by atoms with Gasteiger partial charge in [-0.05, 0) is 29.7 Å². The molecular formula is C22H21N5O. The average Bonchev–Trinajstić information content (AvgIpc) is 3.04. The standard InChI is InChI=1S/C22H21N5O/c1-26-17(12-16-4-2-3-5-20(16)26)13-27-11-8-19-18(14-27)22(28)25-21(24-19)15-6-9-23-10-7-15/h2-7,9-10,12H,8,11,13-14H2,1H3,(H,24,25,28). The molecule has 0 bridgehead atoms. The van der Waals surface area contributed by atoms with Crippen LogP contribution in [0.15, 0.2) is 59.7 Å². The highest BCUT2D eigenvalue weighted by atomic mass is 16.1. The van der Waals surface area contributed by atoms with Gasteiger partial charge in [-0.3, -0.25) is 14.7 Å². The van der Waals surface area contributed by atoms with E-state index in [1.807, 2.05) is 12.1 Å². The Morgan fingerprint density at radius 2 is 1.96 bits per heavy atom. The van der Waals surface area contributed by atoms with Gasteiger partial charge in [0.05, 0.1) is 11.3 Å². The Balaban J connectivity index is 1.42. The molecule has 5 rings (SSSR count). The van der Waals surface area contributed by atoms with E-state index >= 15 is 0 Å². The summed E-state index contributed by atoms with van der Waals surface area (Å²) in [7, 11) is 2.10. The van der Waals surface area contributed by atoms with Crippen LogP contribution in [0.4, 0.5) is 0 Å². The molecule has 4 aromatic rings. The summed E-state index contributed by atoms with van der Waals surface area (Å²) in [6.45, 7) is 2.33. The van der Waals surface area contributed by atoms with Crippen molar-refractivity contribution in [2.45, 2.75) is 19.5 Å². The van der Waals surface area contributed by atoms with Crippen LogP contribution in [0.1, 0.15) is 17.0 Å². The summed E-state index contributed by atoms with van der Waals surface area (Å²) in [5, 5.41) is 1.25. The van der Waals surface area contributed by atoms with Crippen LogP contribution in [0.5, 0.6) is 0 Å². The van der Waals surface area contributed by atoms with E-state index in [9.17, 15) is 4.79 Å². The van der Waals surface area contributed by atoms with Crippen molar-refractivity contribution in [2.24, 2.45) is 7.05 Å². The van der Waals surface area contributed by atoms with E-state index in [0.29, 0.717) is 12.4 Å². The van der Waals surface area contributed by atoms with Gasteiger partial charge in [0.15, 0.2) is 0 Å². The van der Waals surface area contributed by atoms with Gasteiger partial charge in [-0.2, -0.15) is 0 Å². The third-order valence-corrected chi connectivity index (χ3v) is 5.54. The fourth-order valence-corrected chi connectivity index (χ4v) is 3.99. The smallest absolute Gasteiger partial charge is 0.255 e. The lowest BCUT2D eigenvalue weighted by Crippen LogP contribution is -2.35. The van der Waals surface area contributed by atoms with Crippen LogP contribution in [0.3, 0.4) is 0 Å². The van der Waals surface area contributed by atoms with E-state index in [0.717, 1.165) is 36.3 Å². The summed E-state index contributed by atoms with van der Waals surface area (Å²) < 4.78 is 2.24. The second kappa shape index (κ2) is 6.73. The molecule has 4 heterocycles. The number of pyridine rings is 1. The molecule has 0 amide bonds. The zero-order valence-electron chi connectivity index (χ0n) is 15.7. The molecule has 6 heteroatoms. The number of nitrogens with zero attached hydrogens (tertiary/aromatic N) is 4. The Morgan fingerprint density at radius 1 is 1.14 bits per heavy atom. The highest BCUT2D eigenvalue weighted by Gasteiger charge is 2.22. The van der Waals surface area contributed by atoms with Gasteiger partial charge in [-0.25, -0.2) is 4.98 Å². The lowest BCUT2D eigenvalue weighted by Gasteiger charge is -2.27. The van der Waals surface area contributed by atoms with E-state index in [1.165, 1.54) is 16.6 Å². The highest BCUT2D eigenvalue weighted by Crippen LogP contribution is 2.23. The summed E-state index contributed by atoms with van der Waals surface area (Å²) in [4.78, 5) is 26.7. The topological polar surface area (TPSA) is 66.8 Å². The van der Waals surface area contributed by atoms with Gasteiger partial charge in [0.25, 0.3) is 5.56 Å². The number of H-pyrrole nitrogens is 1. The van der Waals surface area contributed by atoms with Crippen molar-refractivity contribution in [1.82, 2.24) is 24.4 Å².